The number of carbonyl (C=O) groups is 1. The number of likely N-dealkylation sites (N-methyl/N-ethyl adjacent to an activating group) is 1. The standard InChI is InChI=1S/C19H23ClF2N4O6S2/c1-24(2)34(30,31)25(3)8-9-26(12-18(27)23-28)33(29)15-10-16(21)19(17(22)11-15)32-14-6-4-13(20)5-7-14/h4-7,10-11,28H,8-9,12H2,1-3H3,(H,23,27). The zero-order valence-electron chi connectivity index (χ0n) is 18.4. The topological polar surface area (TPSA) is 119 Å². The second-order valence-electron chi connectivity index (χ2n) is 7.03. The first-order valence-corrected chi connectivity index (χ1v) is 12.4. The summed E-state index contributed by atoms with van der Waals surface area (Å²) < 4.78 is 74.7. The van der Waals surface area contributed by atoms with Gasteiger partial charge in [0.15, 0.2) is 17.4 Å². The molecule has 1 amide bonds. The first-order chi connectivity index (χ1) is 15.9. The lowest BCUT2D eigenvalue weighted by Gasteiger charge is -2.25. The van der Waals surface area contributed by atoms with Gasteiger partial charge in [0.1, 0.15) is 16.7 Å². The molecular weight excluding hydrogens is 518 g/mol. The molecule has 1 unspecified atom stereocenters. The van der Waals surface area contributed by atoms with Crippen molar-refractivity contribution in [2.24, 2.45) is 0 Å². The molecule has 0 saturated carbocycles. The van der Waals surface area contributed by atoms with Crippen LogP contribution in [0.25, 0.3) is 0 Å². The van der Waals surface area contributed by atoms with Crippen molar-refractivity contribution in [1.29, 1.82) is 0 Å². The molecule has 0 aromatic heterocycles. The van der Waals surface area contributed by atoms with Crippen molar-refractivity contribution in [2.45, 2.75) is 4.90 Å². The maximum atomic E-state index is 14.6. The van der Waals surface area contributed by atoms with Gasteiger partial charge in [0.05, 0.1) is 11.4 Å². The minimum absolute atomic E-state index is 0.113. The van der Waals surface area contributed by atoms with E-state index in [1.165, 1.54) is 50.9 Å². The fraction of sp³-hybridized carbons (Fsp3) is 0.316. The van der Waals surface area contributed by atoms with Crippen LogP contribution in [0.15, 0.2) is 41.3 Å². The molecule has 2 rings (SSSR count). The molecule has 15 heteroatoms. The predicted octanol–water partition coefficient (Wildman–Crippen LogP) is 1.98. The Kier molecular flexibility index (Phi) is 9.87. The summed E-state index contributed by atoms with van der Waals surface area (Å²) in [4.78, 5) is 11.3. The van der Waals surface area contributed by atoms with Gasteiger partial charge < -0.3 is 4.74 Å². The first-order valence-electron chi connectivity index (χ1n) is 9.52. The zero-order valence-corrected chi connectivity index (χ0v) is 20.8. The molecule has 34 heavy (non-hydrogen) atoms. The third-order valence-electron chi connectivity index (χ3n) is 4.41. The molecule has 0 radical (unpaired) electrons. The molecule has 0 bridgehead atoms. The van der Waals surface area contributed by atoms with Gasteiger partial charge in [-0.1, -0.05) is 11.6 Å². The van der Waals surface area contributed by atoms with Crippen LogP contribution in [-0.2, 0) is 26.0 Å². The van der Waals surface area contributed by atoms with Crippen LogP contribution >= 0.6 is 11.6 Å². The highest BCUT2D eigenvalue weighted by Crippen LogP contribution is 2.30. The monoisotopic (exact) mass is 540 g/mol. The summed E-state index contributed by atoms with van der Waals surface area (Å²) in [6.07, 6.45) is 0. The molecular formula is C19H23ClF2N4O6S2. The van der Waals surface area contributed by atoms with E-state index in [1.807, 2.05) is 0 Å². The number of ether oxygens (including phenoxy) is 1. The smallest absolute Gasteiger partial charge is 0.281 e. The van der Waals surface area contributed by atoms with E-state index in [4.69, 9.17) is 21.5 Å². The largest absolute Gasteiger partial charge is 0.451 e. The normalized spacial score (nSPS) is 12.9. The van der Waals surface area contributed by atoms with Crippen LogP contribution in [0.4, 0.5) is 8.78 Å². The summed E-state index contributed by atoms with van der Waals surface area (Å²) in [6, 6.07) is 7.28. The van der Waals surface area contributed by atoms with Gasteiger partial charge in [0, 0.05) is 39.3 Å². The Labute approximate surface area is 203 Å². The summed E-state index contributed by atoms with van der Waals surface area (Å²) in [5, 5.41) is 9.21. The lowest BCUT2D eigenvalue weighted by molar-refractivity contribution is -0.129. The van der Waals surface area contributed by atoms with E-state index < -0.39 is 51.0 Å². The van der Waals surface area contributed by atoms with Gasteiger partial charge in [0.25, 0.3) is 16.1 Å². The van der Waals surface area contributed by atoms with Gasteiger partial charge in [-0.25, -0.2) is 22.8 Å². The van der Waals surface area contributed by atoms with Crippen LogP contribution in [0.3, 0.4) is 0 Å². The average Bonchev–Trinajstić information content (AvgIpc) is 2.78. The highest BCUT2D eigenvalue weighted by Gasteiger charge is 2.26. The molecule has 0 spiro atoms. The minimum atomic E-state index is -3.80. The SMILES string of the molecule is CN(C)S(=O)(=O)N(C)CCN(CC(=O)NO)S(=O)c1cc(F)c(Oc2ccc(Cl)cc2)c(F)c1. The predicted molar refractivity (Wildman–Crippen MR) is 121 cm³/mol. The molecule has 0 aliphatic rings. The molecule has 0 fully saturated rings. The van der Waals surface area contributed by atoms with E-state index in [9.17, 15) is 26.2 Å². The minimum Gasteiger partial charge on any atom is -0.451 e. The quantitative estimate of drug-likeness (QED) is 0.332. The van der Waals surface area contributed by atoms with Crippen LogP contribution in [0.1, 0.15) is 0 Å². The summed E-state index contributed by atoms with van der Waals surface area (Å²) in [6.45, 7) is -1.13. The summed E-state index contributed by atoms with van der Waals surface area (Å²) >= 11 is 5.77. The number of nitrogens with one attached hydrogen (secondary N) is 1. The number of amides is 1. The third kappa shape index (κ3) is 7.15. The molecule has 0 saturated heterocycles. The first kappa shape index (κ1) is 28.0. The van der Waals surface area contributed by atoms with Crippen molar-refractivity contribution in [3.05, 3.63) is 53.1 Å². The third-order valence-corrected chi connectivity index (χ3v) is 7.97. The van der Waals surface area contributed by atoms with Gasteiger partial charge in [-0.2, -0.15) is 17.0 Å². The maximum absolute atomic E-state index is 14.6. The number of hydroxylamine groups is 1. The van der Waals surface area contributed by atoms with Crippen molar-refractivity contribution >= 4 is 38.7 Å². The van der Waals surface area contributed by atoms with Crippen LogP contribution in [0, 0.1) is 11.6 Å². The van der Waals surface area contributed by atoms with Crippen LogP contribution in [-0.4, -0.2) is 77.4 Å². The van der Waals surface area contributed by atoms with E-state index >= 15 is 0 Å². The Morgan fingerprint density at radius 1 is 1.12 bits per heavy atom. The number of halogens is 3. The van der Waals surface area contributed by atoms with Gasteiger partial charge in [-0.3, -0.25) is 10.0 Å². The second-order valence-corrected chi connectivity index (χ2v) is 11.2. The van der Waals surface area contributed by atoms with Crippen LogP contribution in [0.2, 0.25) is 5.02 Å². The molecule has 2 aromatic carbocycles. The van der Waals surface area contributed by atoms with Gasteiger partial charge >= 0.3 is 0 Å². The Bertz CT molecular complexity index is 1130. The second kappa shape index (κ2) is 12.0. The molecule has 2 N–H and O–H groups in total. The van der Waals surface area contributed by atoms with Crippen molar-refractivity contribution in [2.75, 3.05) is 40.8 Å². The zero-order chi connectivity index (χ0) is 25.6. The van der Waals surface area contributed by atoms with Gasteiger partial charge in [0.2, 0.25) is 0 Å². The van der Waals surface area contributed by atoms with Crippen molar-refractivity contribution in [3.63, 3.8) is 0 Å². The van der Waals surface area contributed by atoms with Gasteiger partial charge in [-0.05, 0) is 36.4 Å². The van der Waals surface area contributed by atoms with E-state index in [2.05, 4.69) is 0 Å². The molecule has 2 aromatic rings. The van der Waals surface area contributed by atoms with Crippen molar-refractivity contribution in [1.82, 2.24) is 18.4 Å². The van der Waals surface area contributed by atoms with Crippen molar-refractivity contribution < 1.29 is 36.1 Å². The Morgan fingerprint density at radius 3 is 2.18 bits per heavy atom. The number of rotatable bonds is 11. The summed E-state index contributed by atoms with van der Waals surface area (Å²) in [5.41, 5.74) is 1.37. The Morgan fingerprint density at radius 2 is 1.68 bits per heavy atom. The van der Waals surface area contributed by atoms with E-state index in [-0.39, 0.29) is 23.7 Å². The summed E-state index contributed by atoms with van der Waals surface area (Å²) in [7, 11) is -2.20. The number of hydrogen-bond donors (Lipinski definition) is 2. The van der Waals surface area contributed by atoms with Gasteiger partial charge in [-0.15, -0.1) is 0 Å². The van der Waals surface area contributed by atoms with Crippen LogP contribution < -0.4 is 10.2 Å². The fourth-order valence-corrected chi connectivity index (χ4v) is 4.75. The molecule has 0 aliphatic carbocycles. The Hall–Kier alpha value is -2.20. The number of benzene rings is 2. The molecule has 10 nitrogen and oxygen atoms in total. The highest BCUT2D eigenvalue weighted by molar-refractivity contribution is 7.86. The van der Waals surface area contributed by atoms with E-state index in [0.29, 0.717) is 5.02 Å². The van der Waals surface area contributed by atoms with E-state index in [0.717, 1.165) is 25.0 Å². The summed E-state index contributed by atoms with van der Waals surface area (Å²) in [5.74, 6) is -3.90. The fourth-order valence-electron chi connectivity index (χ4n) is 2.57. The number of nitrogens with zero attached hydrogens (tertiary/aromatic N) is 3. The van der Waals surface area contributed by atoms with Crippen LogP contribution in [0.5, 0.6) is 11.5 Å². The molecule has 1 atom stereocenters. The number of carbonyl (C=O) groups excluding carboxylic acids is 1. The number of hydrogen-bond acceptors (Lipinski definition) is 6. The average molecular weight is 541 g/mol. The lowest BCUT2D eigenvalue weighted by atomic mass is 10.3. The highest BCUT2D eigenvalue weighted by atomic mass is 35.5. The molecule has 0 aliphatic heterocycles. The lowest BCUT2D eigenvalue weighted by Crippen LogP contribution is -2.44. The maximum Gasteiger partial charge on any atom is 0.281 e. The van der Waals surface area contributed by atoms with Crippen molar-refractivity contribution in [3.8, 4) is 11.5 Å². The Balaban J connectivity index is 2.27. The van der Waals surface area contributed by atoms with E-state index in [1.54, 1.807) is 0 Å². The molecule has 188 valence electrons. The molecule has 0 heterocycles.